The van der Waals surface area contributed by atoms with Crippen molar-refractivity contribution in [1.29, 1.82) is 0 Å². The molecule has 3 N–H and O–H groups in total. The molecule has 0 saturated heterocycles. The summed E-state index contributed by atoms with van der Waals surface area (Å²) in [5.74, 6) is 0.369. The Morgan fingerprint density at radius 2 is 1.90 bits per heavy atom. The number of nitrogens with two attached hydrogens (primary N) is 1. The molecule has 0 heterocycles. The highest BCUT2D eigenvalue weighted by molar-refractivity contribution is 7.92. The lowest BCUT2D eigenvalue weighted by Crippen LogP contribution is -2.32. The molecule has 0 bridgehead atoms. The summed E-state index contributed by atoms with van der Waals surface area (Å²) in [5, 5.41) is 2.71. The van der Waals surface area contributed by atoms with Gasteiger partial charge in [0.25, 0.3) is 9.84 Å². The number of para-hydroxylation sites is 1. The number of hydrogen-bond acceptors (Lipinski definition) is 4. The first-order chi connectivity index (χ1) is 9.23. The van der Waals surface area contributed by atoms with Crippen molar-refractivity contribution in [3.63, 3.8) is 0 Å². The Morgan fingerprint density at radius 1 is 1.30 bits per heavy atom. The molecule has 112 valence electrons. The van der Waals surface area contributed by atoms with E-state index in [1.165, 1.54) is 18.2 Å². The van der Waals surface area contributed by atoms with E-state index in [1.54, 1.807) is 0 Å². The molecule has 8 heteroatoms. The van der Waals surface area contributed by atoms with Crippen LogP contribution < -0.4 is 11.1 Å². The molecule has 2 rings (SSSR count). The van der Waals surface area contributed by atoms with Gasteiger partial charge in [-0.15, -0.1) is 0 Å². The Bertz CT molecular complexity index is 583. The van der Waals surface area contributed by atoms with E-state index in [1.807, 2.05) is 0 Å². The molecule has 1 saturated carbocycles. The van der Waals surface area contributed by atoms with Crippen molar-refractivity contribution < 1.29 is 21.6 Å². The molecule has 20 heavy (non-hydrogen) atoms. The summed E-state index contributed by atoms with van der Waals surface area (Å²) in [6.07, 6.45) is 2.01. The van der Waals surface area contributed by atoms with Crippen molar-refractivity contribution in [3.05, 3.63) is 24.3 Å². The summed E-state index contributed by atoms with van der Waals surface area (Å²) in [6.45, 7) is 0.245. The first kappa shape index (κ1) is 15.1. The van der Waals surface area contributed by atoms with Gasteiger partial charge in [0.2, 0.25) is 0 Å². The van der Waals surface area contributed by atoms with Crippen molar-refractivity contribution in [2.24, 2.45) is 11.7 Å². The number of rotatable bonds is 5. The highest BCUT2D eigenvalue weighted by Crippen LogP contribution is 2.35. The topological polar surface area (TPSA) is 72.2 Å². The van der Waals surface area contributed by atoms with Crippen LogP contribution in [0.15, 0.2) is 29.2 Å². The maximum absolute atomic E-state index is 12.6. The lowest BCUT2D eigenvalue weighted by Gasteiger charge is -2.16. The van der Waals surface area contributed by atoms with Crippen LogP contribution in [0.2, 0.25) is 0 Å². The average molecular weight is 308 g/mol. The van der Waals surface area contributed by atoms with E-state index in [9.17, 15) is 21.6 Å². The Morgan fingerprint density at radius 3 is 2.45 bits per heavy atom. The zero-order valence-corrected chi connectivity index (χ0v) is 11.3. The molecule has 1 aliphatic carbocycles. The minimum Gasteiger partial charge on any atom is -0.382 e. The molecule has 1 aliphatic rings. The Hall–Kier alpha value is -1.28. The smallest absolute Gasteiger partial charge is 0.382 e. The van der Waals surface area contributed by atoms with Crippen LogP contribution in [-0.2, 0) is 9.84 Å². The number of sulfone groups is 1. The number of hydrogen-bond donors (Lipinski definition) is 2. The van der Waals surface area contributed by atoms with Gasteiger partial charge >= 0.3 is 5.51 Å². The third-order valence-corrected chi connectivity index (χ3v) is 4.78. The van der Waals surface area contributed by atoms with Gasteiger partial charge in [0, 0.05) is 12.6 Å². The number of anilines is 1. The molecular formula is C12H15F3N2O2S. The van der Waals surface area contributed by atoms with Crippen molar-refractivity contribution in [2.75, 3.05) is 11.9 Å². The fraction of sp³-hybridized carbons (Fsp3) is 0.500. The van der Waals surface area contributed by atoms with Crippen LogP contribution in [0.1, 0.15) is 12.8 Å². The first-order valence-corrected chi connectivity index (χ1v) is 7.61. The minimum atomic E-state index is -5.36. The molecular weight excluding hydrogens is 293 g/mol. The lowest BCUT2D eigenvalue weighted by atomic mass is 10.2. The van der Waals surface area contributed by atoms with Gasteiger partial charge in [-0.05, 0) is 30.9 Å². The predicted molar refractivity (Wildman–Crippen MR) is 68.9 cm³/mol. The number of halogens is 3. The van der Waals surface area contributed by atoms with Crippen molar-refractivity contribution in [1.82, 2.24) is 0 Å². The fourth-order valence-corrected chi connectivity index (χ4v) is 2.83. The maximum Gasteiger partial charge on any atom is 0.501 e. The average Bonchev–Trinajstić information content (AvgIpc) is 3.19. The van der Waals surface area contributed by atoms with Gasteiger partial charge in [-0.2, -0.15) is 13.2 Å². The van der Waals surface area contributed by atoms with Gasteiger partial charge in [-0.25, -0.2) is 8.42 Å². The van der Waals surface area contributed by atoms with Gasteiger partial charge in [0.05, 0.1) is 10.6 Å². The third kappa shape index (κ3) is 3.06. The molecule has 0 radical (unpaired) electrons. The number of nitrogens with one attached hydrogen (secondary N) is 1. The van der Waals surface area contributed by atoms with Crippen LogP contribution in [0, 0.1) is 5.92 Å². The summed E-state index contributed by atoms with van der Waals surface area (Å²) in [5.41, 5.74) is 0.453. The van der Waals surface area contributed by atoms with E-state index in [0.717, 1.165) is 18.9 Å². The van der Waals surface area contributed by atoms with E-state index >= 15 is 0 Å². The Kier molecular flexibility index (Phi) is 3.97. The molecule has 1 fully saturated rings. The molecule has 1 aromatic carbocycles. The monoisotopic (exact) mass is 308 g/mol. The molecule has 0 aliphatic heterocycles. The Labute approximate surface area is 115 Å². The molecule has 1 aromatic rings. The van der Waals surface area contributed by atoms with Gasteiger partial charge in [-0.1, -0.05) is 12.1 Å². The van der Waals surface area contributed by atoms with Crippen molar-refractivity contribution in [2.45, 2.75) is 29.3 Å². The van der Waals surface area contributed by atoms with E-state index in [4.69, 9.17) is 5.73 Å². The quantitative estimate of drug-likeness (QED) is 0.874. The van der Waals surface area contributed by atoms with Crippen LogP contribution in [0.5, 0.6) is 0 Å². The SMILES string of the molecule is NC(CNc1ccccc1S(=O)(=O)C(F)(F)F)C1CC1. The van der Waals surface area contributed by atoms with E-state index < -0.39 is 20.2 Å². The summed E-state index contributed by atoms with van der Waals surface area (Å²) in [6, 6.07) is 4.79. The summed E-state index contributed by atoms with van der Waals surface area (Å²) in [7, 11) is -5.36. The summed E-state index contributed by atoms with van der Waals surface area (Å²) < 4.78 is 60.7. The van der Waals surface area contributed by atoms with E-state index in [2.05, 4.69) is 5.32 Å². The largest absolute Gasteiger partial charge is 0.501 e. The summed E-state index contributed by atoms with van der Waals surface area (Å²) in [4.78, 5) is -0.768. The van der Waals surface area contributed by atoms with Gasteiger partial charge in [0.15, 0.2) is 0 Å². The summed E-state index contributed by atoms with van der Waals surface area (Å²) >= 11 is 0. The second-order valence-electron chi connectivity index (χ2n) is 4.83. The zero-order valence-electron chi connectivity index (χ0n) is 10.5. The molecule has 1 unspecified atom stereocenters. The van der Waals surface area contributed by atoms with Crippen LogP contribution in [0.4, 0.5) is 18.9 Å². The second kappa shape index (κ2) is 5.25. The molecule has 4 nitrogen and oxygen atoms in total. The third-order valence-electron chi connectivity index (χ3n) is 3.24. The van der Waals surface area contributed by atoms with Crippen molar-refractivity contribution in [3.8, 4) is 0 Å². The number of benzene rings is 1. The van der Waals surface area contributed by atoms with E-state index in [0.29, 0.717) is 5.92 Å². The van der Waals surface area contributed by atoms with Gasteiger partial charge < -0.3 is 11.1 Å². The molecule has 0 aromatic heterocycles. The highest BCUT2D eigenvalue weighted by Gasteiger charge is 2.47. The van der Waals surface area contributed by atoms with Crippen LogP contribution in [0.25, 0.3) is 0 Å². The molecule has 0 spiro atoms. The molecule has 1 atom stereocenters. The second-order valence-corrected chi connectivity index (χ2v) is 6.74. The predicted octanol–water partition coefficient (Wildman–Crippen LogP) is 2.13. The number of alkyl halides is 3. The fourth-order valence-electron chi connectivity index (χ4n) is 1.89. The van der Waals surface area contributed by atoms with Crippen molar-refractivity contribution >= 4 is 15.5 Å². The van der Waals surface area contributed by atoms with Gasteiger partial charge in [-0.3, -0.25) is 0 Å². The molecule has 0 amide bonds. The van der Waals surface area contributed by atoms with Crippen LogP contribution >= 0.6 is 0 Å². The standard InChI is InChI=1S/C12H15F3N2O2S/c13-12(14,15)20(18,19)11-4-2-1-3-10(11)17-7-9(16)8-5-6-8/h1-4,8-9,17H,5-7,16H2. The normalized spacial score (nSPS) is 17.8. The van der Waals surface area contributed by atoms with Crippen LogP contribution in [-0.4, -0.2) is 26.5 Å². The zero-order chi connectivity index (χ0) is 15.0. The first-order valence-electron chi connectivity index (χ1n) is 6.13. The maximum atomic E-state index is 12.6. The minimum absolute atomic E-state index is 0.0686. The van der Waals surface area contributed by atoms with E-state index in [-0.39, 0.29) is 18.3 Å². The van der Waals surface area contributed by atoms with Gasteiger partial charge in [0.1, 0.15) is 0 Å². The Balaban J connectivity index is 2.22. The van der Waals surface area contributed by atoms with Crippen LogP contribution in [0.3, 0.4) is 0 Å². The lowest BCUT2D eigenvalue weighted by molar-refractivity contribution is -0.0435. The highest BCUT2D eigenvalue weighted by atomic mass is 32.2.